The van der Waals surface area contributed by atoms with Gasteiger partial charge in [-0.1, -0.05) is 25.7 Å². The molecule has 3 aromatic rings. The first kappa shape index (κ1) is 24.8. The van der Waals surface area contributed by atoms with Crippen molar-refractivity contribution in [3.05, 3.63) is 41.9 Å². The van der Waals surface area contributed by atoms with E-state index in [1.54, 1.807) is 37.5 Å². The molecule has 3 fully saturated rings. The molecule has 0 aromatic carbocycles. The van der Waals surface area contributed by atoms with Crippen LogP contribution < -0.4 is 10.6 Å². The lowest BCUT2D eigenvalue weighted by Gasteiger charge is -2.37. The summed E-state index contributed by atoms with van der Waals surface area (Å²) < 4.78 is 2.10. The van der Waals surface area contributed by atoms with E-state index >= 15 is 0 Å². The van der Waals surface area contributed by atoms with Gasteiger partial charge in [-0.25, -0.2) is 9.97 Å². The second-order valence-corrected chi connectivity index (χ2v) is 11.1. The summed E-state index contributed by atoms with van der Waals surface area (Å²) in [6.07, 6.45) is 12.5. The maximum atomic E-state index is 13.2. The number of nitrogens with zero attached hydrogens (tertiary/aromatic N) is 6. The summed E-state index contributed by atoms with van der Waals surface area (Å²) in [5.74, 6) is 0.984. The third-order valence-corrected chi connectivity index (χ3v) is 8.14. The van der Waals surface area contributed by atoms with Gasteiger partial charge in [-0.2, -0.15) is 4.98 Å². The van der Waals surface area contributed by atoms with Gasteiger partial charge in [0.1, 0.15) is 17.2 Å². The molecule has 6 rings (SSSR count). The zero-order chi connectivity index (χ0) is 26.2. The summed E-state index contributed by atoms with van der Waals surface area (Å²) in [5, 5.41) is 7.71. The number of pyridine rings is 1. The maximum Gasteiger partial charge on any atom is 0.270 e. The lowest BCUT2D eigenvalue weighted by atomic mass is 10.1. The van der Waals surface area contributed by atoms with Crippen molar-refractivity contribution in [2.24, 2.45) is 0 Å². The number of nitrogens with one attached hydrogen (secondary N) is 2. The number of anilines is 2. The molecule has 2 aliphatic heterocycles. The van der Waals surface area contributed by atoms with Crippen LogP contribution in [0.3, 0.4) is 0 Å². The second kappa shape index (κ2) is 10.3. The molecule has 200 valence electrons. The third-order valence-electron chi connectivity index (χ3n) is 8.14. The first-order valence-electron chi connectivity index (χ1n) is 13.8. The van der Waals surface area contributed by atoms with E-state index in [2.05, 4.69) is 25.2 Å². The Morgan fingerprint density at radius 3 is 2.34 bits per heavy atom. The van der Waals surface area contributed by atoms with Crippen LogP contribution in [0.2, 0.25) is 0 Å². The van der Waals surface area contributed by atoms with Gasteiger partial charge < -0.3 is 25.0 Å². The van der Waals surface area contributed by atoms with Crippen LogP contribution in [-0.4, -0.2) is 80.4 Å². The number of fused-ring (bicyclic) bond motifs is 3. The molecular formula is C28H36N8O2. The topological polar surface area (TPSA) is 108 Å². The Kier molecular flexibility index (Phi) is 6.73. The smallest absolute Gasteiger partial charge is 0.270 e. The monoisotopic (exact) mass is 516 g/mol. The van der Waals surface area contributed by atoms with E-state index < -0.39 is 0 Å². The summed E-state index contributed by atoms with van der Waals surface area (Å²) in [6.45, 7) is 1.50. The van der Waals surface area contributed by atoms with Crippen molar-refractivity contribution in [1.29, 1.82) is 0 Å². The summed E-state index contributed by atoms with van der Waals surface area (Å²) in [7, 11) is 3.54. The molecule has 3 aliphatic rings. The van der Waals surface area contributed by atoms with Crippen molar-refractivity contribution >= 4 is 34.6 Å². The fourth-order valence-electron chi connectivity index (χ4n) is 6.23. The van der Waals surface area contributed by atoms with Crippen molar-refractivity contribution < 1.29 is 9.59 Å². The fourth-order valence-corrected chi connectivity index (χ4v) is 6.23. The Hall–Kier alpha value is -3.53. The minimum absolute atomic E-state index is 0.0323. The van der Waals surface area contributed by atoms with Crippen LogP contribution in [0.5, 0.6) is 0 Å². The highest BCUT2D eigenvalue weighted by Crippen LogP contribution is 2.35. The van der Waals surface area contributed by atoms with Crippen LogP contribution in [0.25, 0.3) is 11.0 Å². The lowest BCUT2D eigenvalue weighted by Crippen LogP contribution is -2.57. The number of piperazine rings is 1. The van der Waals surface area contributed by atoms with Gasteiger partial charge in [-0.15, -0.1) is 0 Å². The van der Waals surface area contributed by atoms with Gasteiger partial charge in [0, 0.05) is 63.1 Å². The molecule has 10 heteroatoms. The van der Waals surface area contributed by atoms with Crippen LogP contribution in [0.15, 0.2) is 30.6 Å². The number of carbonyl (C=O) groups excluding carboxylic acids is 2. The Morgan fingerprint density at radius 2 is 1.68 bits per heavy atom. The van der Waals surface area contributed by atoms with E-state index in [4.69, 9.17) is 4.98 Å². The Balaban J connectivity index is 1.21. The van der Waals surface area contributed by atoms with Crippen molar-refractivity contribution in [1.82, 2.24) is 34.6 Å². The quantitative estimate of drug-likeness (QED) is 0.532. The number of hydrogen-bond donors (Lipinski definition) is 2. The molecule has 3 aromatic heterocycles. The third kappa shape index (κ3) is 4.84. The standard InChI is InChI=1S/C28H36N8O2/c1-34(2)27(38)23-13-19-15-30-28(33-25(19)36(23)22-9-5-6-10-22)32-24-12-11-18(14-29-24)26(37)35-16-20-7-3-4-8-21(17-35)31-20/h11-15,20-22,31H,3-10,16-17H2,1-2H3,(H,29,30,32,33). The van der Waals surface area contributed by atoms with Crippen LogP contribution >= 0.6 is 0 Å². The predicted octanol–water partition coefficient (Wildman–Crippen LogP) is 3.74. The number of rotatable bonds is 5. The van der Waals surface area contributed by atoms with E-state index in [9.17, 15) is 9.59 Å². The van der Waals surface area contributed by atoms with Crippen LogP contribution in [-0.2, 0) is 0 Å². The van der Waals surface area contributed by atoms with Crippen molar-refractivity contribution in [2.45, 2.75) is 69.5 Å². The van der Waals surface area contributed by atoms with Crippen molar-refractivity contribution in [3.63, 3.8) is 0 Å². The molecule has 1 saturated carbocycles. The van der Waals surface area contributed by atoms with Crippen molar-refractivity contribution in [3.8, 4) is 0 Å². The molecule has 2 atom stereocenters. The van der Waals surface area contributed by atoms with Gasteiger partial charge in [0.2, 0.25) is 5.95 Å². The molecule has 2 bridgehead atoms. The minimum atomic E-state index is -0.0323. The van der Waals surface area contributed by atoms with Crippen molar-refractivity contribution in [2.75, 3.05) is 32.5 Å². The fraction of sp³-hybridized carbons (Fsp3) is 0.536. The first-order chi connectivity index (χ1) is 18.5. The predicted molar refractivity (Wildman–Crippen MR) is 146 cm³/mol. The molecule has 0 radical (unpaired) electrons. The summed E-state index contributed by atoms with van der Waals surface area (Å²) >= 11 is 0. The van der Waals surface area contributed by atoms with E-state index in [0.29, 0.717) is 35.1 Å². The molecule has 2 saturated heterocycles. The maximum absolute atomic E-state index is 13.2. The van der Waals surface area contributed by atoms with Gasteiger partial charge in [0.15, 0.2) is 0 Å². The van der Waals surface area contributed by atoms with Gasteiger partial charge in [0.25, 0.3) is 11.8 Å². The van der Waals surface area contributed by atoms with E-state index in [1.807, 2.05) is 17.0 Å². The molecule has 0 spiro atoms. The molecule has 2 unspecified atom stereocenters. The number of carbonyl (C=O) groups is 2. The number of amides is 2. The van der Waals surface area contributed by atoms with Crippen LogP contribution in [0.4, 0.5) is 11.8 Å². The molecule has 5 heterocycles. The first-order valence-corrected chi connectivity index (χ1v) is 13.8. The van der Waals surface area contributed by atoms with E-state index in [-0.39, 0.29) is 17.9 Å². The highest BCUT2D eigenvalue weighted by atomic mass is 16.2. The molecule has 2 amide bonds. The molecule has 1 aliphatic carbocycles. The zero-order valence-electron chi connectivity index (χ0n) is 22.2. The van der Waals surface area contributed by atoms with E-state index in [0.717, 1.165) is 62.6 Å². The van der Waals surface area contributed by atoms with E-state index in [1.165, 1.54) is 12.8 Å². The summed E-state index contributed by atoms with van der Waals surface area (Å²) in [5.41, 5.74) is 2.00. The summed E-state index contributed by atoms with van der Waals surface area (Å²) in [6, 6.07) is 6.54. The lowest BCUT2D eigenvalue weighted by molar-refractivity contribution is 0.0659. The molecule has 38 heavy (non-hydrogen) atoms. The second-order valence-electron chi connectivity index (χ2n) is 11.1. The van der Waals surface area contributed by atoms with Crippen LogP contribution in [0, 0.1) is 0 Å². The zero-order valence-corrected chi connectivity index (χ0v) is 22.2. The molecular weight excluding hydrogens is 480 g/mol. The van der Waals surface area contributed by atoms with Gasteiger partial charge >= 0.3 is 0 Å². The van der Waals surface area contributed by atoms with Gasteiger partial charge in [-0.3, -0.25) is 9.59 Å². The van der Waals surface area contributed by atoms with Gasteiger partial charge in [0.05, 0.1) is 5.56 Å². The average Bonchev–Trinajstić information content (AvgIpc) is 3.54. The largest absolute Gasteiger partial charge is 0.343 e. The SMILES string of the molecule is CN(C)C(=O)c1cc2cnc(Nc3ccc(C(=O)N4CC5CCCCC(C4)N5)cn3)nc2n1C1CCCC1. The Morgan fingerprint density at radius 1 is 0.974 bits per heavy atom. The summed E-state index contributed by atoms with van der Waals surface area (Å²) in [4.78, 5) is 43.5. The highest BCUT2D eigenvalue weighted by Gasteiger charge is 2.31. The number of hydrogen-bond acceptors (Lipinski definition) is 7. The van der Waals surface area contributed by atoms with Gasteiger partial charge in [-0.05, 0) is 43.9 Å². The normalized spacial score (nSPS) is 21.9. The average molecular weight is 517 g/mol. The molecule has 2 N–H and O–H groups in total. The minimum Gasteiger partial charge on any atom is -0.343 e. The Bertz CT molecular complexity index is 1310. The highest BCUT2D eigenvalue weighted by molar-refractivity contribution is 5.98. The Labute approximate surface area is 222 Å². The molecule has 10 nitrogen and oxygen atoms in total. The number of aromatic nitrogens is 4. The van der Waals surface area contributed by atoms with Crippen LogP contribution in [0.1, 0.15) is 78.3 Å².